The summed E-state index contributed by atoms with van der Waals surface area (Å²) in [4.78, 5) is 17.2. The molecule has 0 atom stereocenters. The van der Waals surface area contributed by atoms with Gasteiger partial charge in [0, 0.05) is 54.6 Å². The number of aliphatic hydroxyl groups is 1. The molecule has 1 radical (unpaired) electrons. The fourth-order valence-corrected chi connectivity index (χ4v) is 11.0. The first-order valence-corrected chi connectivity index (χ1v) is 21.5. The zero-order chi connectivity index (χ0) is 34.7. The van der Waals surface area contributed by atoms with Gasteiger partial charge in [0.05, 0.1) is 13.8 Å². The number of aliphatic hydroxyl groups excluding tert-OH is 1. The summed E-state index contributed by atoms with van der Waals surface area (Å²) in [5.41, 5.74) is 5.02. The largest absolute Gasteiger partial charge is 0.512 e. The molecule has 0 saturated carbocycles. The Morgan fingerprint density at radius 1 is 0.851 bits per heavy atom. The number of pyridine rings is 1. The topological polar surface area (TPSA) is 50.2 Å². The van der Waals surface area contributed by atoms with Crippen LogP contribution in [0.15, 0.2) is 54.4 Å². The Kier molecular flexibility index (Phi) is 14.9. The minimum absolute atomic E-state index is 0. The van der Waals surface area contributed by atoms with E-state index in [0.717, 1.165) is 11.3 Å². The molecule has 2 aromatic carbocycles. The van der Waals surface area contributed by atoms with Crippen molar-refractivity contribution in [2.24, 2.45) is 35.5 Å². The number of hydrogen-bond acceptors (Lipinski definition) is 4. The van der Waals surface area contributed by atoms with Crippen LogP contribution in [0.1, 0.15) is 86.3 Å². The molecule has 0 unspecified atom stereocenters. The molecule has 0 aliphatic rings. The van der Waals surface area contributed by atoms with E-state index in [1.54, 1.807) is 4.50 Å². The van der Waals surface area contributed by atoms with Gasteiger partial charge in [-0.3, -0.25) is 9.78 Å². The first kappa shape index (κ1) is 41.1. The van der Waals surface area contributed by atoms with Crippen molar-refractivity contribution in [3.05, 3.63) is 71.6 Å². The fraction of sp³-hybridized carbons (Fsp3) is 0.512. The number of carbonyl (C=O) groups excluding carboxylic acids is 1. The van der Waals surface area contributed by atoms with Crippen LogP contribution in [0.3, 0.4) is 0 Å². The average molecular weight is 849 g/mol. The van der Waals surface area contributed by atoms with Crippen LogP contribution in [0.5, 0.6) is 0 Å². The van der Waals surface area contributed by atoms with Gasteiger partial charge in [0.25, 0.3) is 0 Å². The van der Waals surface area contributed by atoms with Crippen LogP contribution in [-0.4, -0.2) is 23.9 Å². The Balaban J connectivity index is 0.000000343. The van der Waals surface area contributed by atoms with E-state index < -0.39 is 8.07 Å². The molecule has 4 aromatic rings. The van der Waals surface area contributed by atoms with Gasteiger partial charge in [-0.1, -0.05) is 118 Å². The van der Waals surface area contributed by atoms with Crippen molar-refractivity contribution >= 4 is 50.6 Å². The number of thiophene rings is 1. The number of aryl methyl sites for hydroxylation is 1. The van der Waals surface area contributed by atoms with Crippen molar-refractivity contribution in [2.75, 3.05) is 0 Å². The first-order chi connectivity index (χ1) is 21.4. The van der Waals surface area contributed by atoms with Crippen LogP contribution in [-0.2, 0) is 24.9 Å². The third kappa shape index (κ3) is 9.75. The van der Waals surface area contributed by atoms with Crippen LogP contribution >= 0.6 is 11.3 Å². The summed E-state index contributed by atoms with van der Waals surface area (Å²) in [6.07, 6.45) is 3.44. The summed E-state index contributed by atoms with van der Waals surface area (Å²) in [7, 11) is -1.38. The zero-order valence-electron chi connectivity index (χ0n) is 31.2. The summed E-state index contributed by atoms with van der Waals surface area (Å²) < 4.78 is 2.89. The van der Waals surface area contributed by atoms with E-state index in [0.29, 0.717) is 29.6 Å². The van der Waals surface area contributed by atoms with Gasteiger partial charge >= 0.3 is 0 Å². The van der Waals surface area contributed by atoms with Gasteiger partial charge in [0.1, 0.15) is 0 Å². The molecular weight excluding hydrogens is 791 g/mol. The Hall–Kier alpha value is -2.11. The number of hydrogen-bond donors (Lipinski definition) is 1. The molecule has 1 N–H and O–H groups in total. The van der Waals surface area contributed by atoms with Crippen molar-refractivity contribution in [1.82, 2.24) is 4.98 Å². The van der Waals surface area contributed by atoms with Crippen molar-refractivity contribution in [1.29, 1.82) is 0 Å². The minimum atomic E-state index is -1.38. The van der Waals surface area contributed by atoms with Crippen molar-refractivity contribution < 1.29 is 30.0 Å². The van der Waals surface area contributed by atoms with Gasteiger partial charge < -0.3 is 5.11 Å². The quantitative estimate of drug-likeness (QED) is 0.0748. The summed E-state index contributed by atoms with van der Waals surface area (Å²) in [6.45, 7) is 30.7. The number of fused-ring (bicyclic) bond motifs is 2. The number of nitrogens with zero attached hydrogens (tertiary/aromatic N) is 1. The van der Waals surface area contributed by atoms with Crippen molar-refractivity contribution in [3.8, 4) is 11.3 Å². The van der Waals surface area contributed by atoms with Gasteiger partial charge in [0.15, 0.2) is 5.78 Å². The number of carbonyl (C=O) groups is 1. The molecule has 0 aliphatic heterocycles. The van der Waals surface area contributed by atoms with Crippen LogP contribution in [0.4, 0.5) is 0 Å². The smallest absolute Gasteiger partial charge is 0.162 e. The van der Waals surface area contributed by atoms with Gasteiger partial charge in [-0.05, 0) is 58.0 Å². The molecule has 6 heteroatoms. The van der Waals surface area contributed by atoms with E-state index in [-0.39, 0.29) is 43.5 Å². The number of allylic oxidation sites excluding steroid dienone is 2. The van der Waals surface area contributed by atoms with E-state index in [9.17, 15) is 9.90 Å². The predicted molar refractivity (Wildman–Crippen MR) is 205 cm³/mol. The molecule has 0 amide bonds. The van der Waals surface area contributed by atoms with Crippen LogP contribution in [0.25, 0.3) is 32.1 Å². The number of rotatable bonds is 10. The maximum atomic E-state index is 12.3. The number of benzene rings is 2. The zero-order valence-corrected chi connectivity index (χ0v) is 35.4. The SMILES string of the molecule is CC(C)C(C(=O)/C=C(\O)C(C(C)C)C(C)C)C(C)C.Cc1c([Si](C)(C)C)sc2c(-c3[c-]c4ccccc4c(C(C)C)c3)nccc12.[Ir]. The Bertz CT molecular complexity index is 1660. The van der Waals surface area contributed by atoms with Gasteiger partial charge in [-0.15, -0.1) is 29.1 Å². The molecule has 2 aromatic heterocycles. The normalized spacial score (nSPS) is 12.7. The summed E-state index contributed by atoms with van der Waals surface area (Å²) in [5.74, 6) is 2.09. The first-order valence-electron chi connectivity index (χ1n) is 17.1. The maximum Gasteiger partial charge on any atom is 0.162 e. The molecule has 0 fully saturated rings. The molecule has 0 bridgehead atoms. The summed E-state index contributed by atoms with van der Waals surface area (Å²) in [5, 5.41) is 14.1. The second-order valence-electron chi connectivity index (χ2n) is 15.7. The molecule has 0 aliphatic carbocycles. The maximum absolute atomic E-state index is 12.3. The third-order valence-electron chi connectivity index (χ3n) is 9.05. The van der Waals surface area contributed by atoms with Crippen LogP contribution in [0.2, 0.25) is 19.6 Å². The number of ketones is 1. The molecule has 2 heterocycles. The average Bonchev–Trinajstić information content (AvgIpc) is 3.29. The third-order valence-corrected chi connectivity index (χ3v) is 14.1. The van der Waals surface area contributed by atoms with Gasteiger partial charge in [-0.2, -0.15) is 11.3 Å². The predicted octanol–water partition coefficient (Wildman–Crippen LogP) is 11.7. The minimum Gasteiger partial charge on any atom is -0.512 e. The van der Waals surface area contributed by atoms with Crippen LogP contribution < -0.4 is 4.50 Å². The monoisotopic (exact) mass is 849 g/mol. The van der Waals surface area contributed by atoms with Crippen LogP contribution in [0, 0.1) is 48.5 Å². The molecule has 0 spiro atoms. The standard InChI is InChI=1S/C24H26NSSi.C17H32O2.Ir/c1-15(2)21-14-18(13-17-9-7-8-10-20(17)21)22-23-19(11-12-25-22)16(3)24(26-23)27(4,5)6;1-10(2)16(11(3)4)14(18)9-15(19)17(12(5)6)13(7)8;/h7-12,14-15H,1-6H3;9-13,16-18H,1-8H3;/q-1;;/b;14-9-;. The van der Waals surface area contributed by atoms with Gasteiger partial charge in [-0.25, -0.2) is 0 Å². The molecule has 4 rings (SSSR count). The van der Waals surface area contributed by atoms with E-state index in [2.05, 4.69) is 138 Å². The second kappa shape index (κ2) is 17.0. The van der Waals surface area contributed by atoms with Gasteiger partial charge in [0.2, 0.25) is 0 Å². The Morgan fingerprint density at radius 2 is 1.40 bits per heavy atom. The van der Waals surface area contributed by atoms with Crippen molar-refractivity contribution in [2.45, 2.75) is 102 Å². The molecule has 0 saturated heterocycles. The Labute approximate surface area is 304 Å². The van der Waals surface area contributed by atoms with E-state index >= 15 is 0 Å². The van der Waals surface area contributed by atoms with E-state index in [1.165, 1.54) is 38.1 Å². The molecule has 47 heavy (non-hydrogen) atoms. The molecule has 259 valence electrons. The summed E-state index contributed by atoms with van der Waals surface area (Å²) in [6, 6.07) is 16.7. The molecular formula is C41H58IrNO2SSi-. The number of aromatic nitrogens is 1. The molecule has 3 nitrogen and oxygen atoms in total. The van der Waals surface area contributed by atoms with E-state index in [4.69, 9.17) is 4.98 Å². The fourth-order valence-electron chi connectivity index (χ4n) is 7.14. The Morgan fingerprint density at radius 3 is 1.91 bits per heavy atom. The second-order valence-corrected chi connectivity index (χ2v) is 22.1. The summed E-state index contributed by atoms with van der Waals surface area (Å²) >= 11 is 1.95. The van der Waals surface area contributed by atoms with Crippen molar-refractivity contribution in [3.63, 3.8) is 0 Å². The van der Waals surface area contributed by atoms with E-state index in [1.807, 2.05) is 17.5 Å².